The average molecular weight is 250 g/mol. The molecule has 1 N–H and O–H groups in total. The number of rotatable bonds is 2. The molecule has 0 aromatic carbocycles. The summed E-state index contributed by atoms with van der Waals surface area (Å²) in [6, 6.07) is 0.671. The molecule has 2 saturated carbocycles. The molecule has 4 unspecified atom stereocenters. The molecule has 1 heterocycles. The third-order valence-electron chi connectivity index (χ3n) is 5.68. The molecular weight excluding hydrogens is 220 g/mol. The zero-order valence-corrected chi connectivity index (χ0v) is 12.4. The Morgan fingerprint density at radius 1 is 1.17 bits per heavy atom. The Bertz CT molecular complexity index is 294. The minimum atomic E-state index is 0.396. The number of hydrogen-bond donors (Lipinski definition) is 1. The summed E-state index contributed by atoms with van der Waals surface area (Å²) in [6.07, 6.45) is 6.16. The third-order valence-corrected chi connectivity index (χ3v) is 5.68. The van der Waals surface area contributed by atoms with E-state index in [1.165, 1.54) is 45.4 Å². The standard InChI is InChI=1S/C16H30N2/c1-16(2,3)15-11-18(7-6-17-15)10-14-9-12-4-5-13(14)8-12/h12-15,17H,4-11H2,1-3H3. The fraction of sp³-hybridized carbons (Fsp3) is 1.00. The van der Waals surface area contributed by atoms with Gasteiger partial charge in [-0.1, -0.05) is 27.2 Å². The quantitative estimate of drug-likeness (QED) is 0.811. The summed E-state index contributed by atoms with van der Waals surface area (Å²) < 4.78 is 0. The summed E-state index contributed by atoms with van der Waals surface area (Å²) in [5.41, 5.74) is 0.396. The van der Waals surface area contributed by atoms with Crippen LogP contribution in [-0.4, -0.2) is 37.1 Å². The summed E-state index contributed by atoms with van der Waals surface area (Å²) in [6.45, 7) is 12.2. The van der Waals surface area contributed by atoms with E-state index < -0.39 is 0 Å². The predicted octanol–water partition coefficient (Wildman–Crippen LogP) is 2.74. The maximum Gasteiger partial charge on any atom is 0.0244 e. The first-order valence-corrected chi connectivity index (χ1v) is 7.98. The summed E-state index contributed by atoms with van der Waals surface area (Å²) >= 11 is 0. The molecule has 18 heavy (non-hydrogen) atoms. The minimum absolute atomic E-state index is 0.396. The van der Waals surface area contributed by atoms with E-state index in [4.69, 9.17) is 0 Å². The molecule has 3 fully saturated rings. The number of hydrogen-bond acceptors (Lipinski definition) is 2. The van der Waals surface area contributed by atoms with Crippen LogP contribution in [0.25, 0.3) is 0 Å². The molecular formula is C16H30N2. The van der Waals surface area contributed by atoms with E-state index in [9.17, 15) is 0 Å². The van der Waals surface area contributed by atoms with Crippen LogP contribution in [0.2, 0.25) is 0 Å². The summed E-state index contributed by atoms with van der Waals surface area (Å²) in [7, 11) is 0. The highest BCUT2D eigenvalue weighted by molar-refractivity contribution is 4.93. The average Bonchev–Trinajstić information content (AvgIpc) is 2.90. The van der Waals surface area contributed by atoms with Crippen molar-refractivity contribution in [3.8, 4) is 0 Å². The Morgan fingerprint density at radius 2 is 2.00 bits per heavy atom. The predicted molar refractivity (Wildman–Crippen MR) is 76.6 cm³/mol. The minimum Gasteiger partial charge on any atom is -0.311 e. The van der Waals surface area contributed by atoms with E-state index >= 15 is 0 Å². The molecule has 2 bridgehead atoms. The van der Waals surface area contributed by atoms with Gasteiger partial charge in [0, 0.05) is 32.2 Å². The van der Waals surface area contributed by atoms with Crippen molar-refractivity contribution >= 4 is 0 Å². The van der Waals surface area contributed by atoms with Gasteiger partial charge in [-0.2, -0.15) is 0 Å². The van der Waals surface area contributed by atoms with Crippen LogP contribution < -0.4 is 5.32 Å². The number of nitrogens with one attached hydrogen (secondary N) is 1. The Kier molecular flexibility index (Phi) is 3.44. The normalized spacial score (nSPS) is 41.5. The first-order chi connectivity index (χ1) is 8.52. The van der Waals surface area contributed by atoms with Gasteiger partial charge in [-0.05, 0) is 42.4 Å². The van der Waals surface area contributed by atoms with E-state index in [0.29, 0.717) is 11.5 Å². The van der Waals surface area contributed by atoms with E-state index in [2.05, 4.69) is 31.0 Å². The third kappa shape index (κ3) is 2.60. The fourth-order valence-electron chi connectivity index (χ4n) is 4.49. The van der Waals surface area contributed by atoms with Gasteiger partial charge in [0.1, 0.15) is 0 Å². The van der Waals surface area contributed by atoms with Crippen LogP contribution in [0.4, 0.5) is 0 Å². The maximum atomic E-state index is 3.71. The second-order valence-corrected chi connectivity index (χ2v) is 8.07. The van der Waals surface area contributed by atoms with Crippen molar-refractivity contribution in [1.82, 2.24) is 10.2 Å². The Balaban J connectivity index is 1.54. The highest BCUT2D eigenvalue weighted by Gasteiger charge is 2.40. The van der Waals surface area contributed by atoms with Gasteiger partial charge in [-0.25, -0.2) is 0 Å². The molecule has 1 aliphatic heterocycles. The van der Waals surface area contributed by atoms with Crippen molar-refractivity contribution in [3.63, 3.8) is 0 Å². The van der Waals surface area contributed by atoms with Gasteiger partial charge in [0.05, 0.1) is 0 Å². The zero-order valence-electron chi connectivity index (χ0n) is 12.4. The van der Waals surface area contributed by atoms with E-state index in [0.717, 1.165) is 17.8 Å². The molecule has 104 valence electrons. The molecule has 0 amide bonds. The first-order valence-electron chi connectivity index (χ1n) is 7.98. The summed E-state index contributed by atoms with van der Waals surface area (Å²) in [5, 5.41) is 3.71. The second kappa shape index (κ2) is 4.79. The lowest BCUT2D eigenvalue weighted by Gasteiger charge is -2.42. The van der Waals surface area contributed by atoms with Crippen LogP contribution in [0.1, 0.15) is 46.5 Å². The van der Waals surface area contributed by atoms with Gasteiger partial charge in [-0.15, -0.1) is 0 Å². The van der Waals surface area contributed by atoms with Gasteiger partial charge in [0.2, 0.25) is 0 Å². The van der Waals surface area contributed by atoms with Crippen LogP contribution in [0.15, 0.2) is 0 Å². The van der Waals surface area contributed by atoms with Crippen molar-refractivity contribution in [2.45, 2.75) is 52.5 Å². The van der Waals surface area contributed by atoms with Gasteiger partial charge in [0.25, 0.3) is 0 Å². The Labute approximate surface area is 113 Å². The number of fused-ring (bicyclic) bond motifs is 2. The molecule has 2 heteroatoms. The molecule has 0 spiro atoms. The van der Waals surface area contributed by atoms with Gasteiger partial charge < -0.3 is 10.2 Å². The molecule has 0 aromatic rings. The highest BCUT2D eigenvalue weighted by atomic mass is 15.2. The van der Waals surface area contributed by atoms with Gasteiger partial charge in [-0.3, -0.25) is 0 Å². The van der Waals surface area contributed by atoms with Crippen molar-refractivity contribution in [2.24, 2.45) is 23.2 Å². The number of piperazine rings is 1. The number of nitrogens with zero attached hydrogens (tertiary/aromatic N) is 1. The molecule has 3 rings (SSSR count). The summed E-state index contributed by atoms with van der Waals surface area (Å²) in [4.78, 5) is 2.75. The second-order valence-electron chi connectivity index (χ2n) is 8.07. The molecule has 2 aliphatic carbocycles. The largest absolute Gasteiger partial charge is 0.311 e. The van der Waals surface area contributed by atoms with E-state index in [1.807, 2.05) is 0 Å². The summed E-state index contributed by atoms with van der Waals surface area (Å²) in [5.74, 6) is 3.21. The molecule has 2 nitrogen and oxygen atoms in total. The molecule has 1 saturated heterocycles. The fourth-order valence-corrected chi connectivity index (χ4v) is 4.49. The molecule has 0 aromatic heterocycles. The van der Waals surface area contributed by atoms with Gasteiger partial charge >= 0.3 is 0 Å². The maximum absolute atomic E-state index is 3.71. The van der Waals surface area contributed by atoms with Crippen molar-refractivity contribution in [3.05, 3.63) is 0 Å². The Morgan fingerprint density at radius 3 is 2.61 bits per heavy atom. The lowest BCUT2D eigenvalue weighted by atomic mass is 9.84. The van der Waals surface area contributed by atoms with Gasteiger partial charge in [0.15, 0.2) is 0 Å². The monoisotopic (exact) mass is 250 g/mol. The molecule has 0 radical (unpaired) electrons. The molecule has 4 atom stereocenters. The van der Waals surface area contributed by atoms with Crippen LogP contribution in [0, 0.1) is 23.2 Å². The van der Waals surface area contributed by atoms with Crippen molar-refractivity contribution in [1.29, 1.82) is 0 Å². The SMILES string of the molecule is CC(C)(C)C1CN(CC2CC3CCC2C3)CCN1. The van der Waals surface area contributed by atoms with Crippen LogP contribution in [-0.2, 0) is 0 Å². The van der Waals surface area contributed by atoms with Crippen molar-refractivity contribution in [2.75, 3.05) is 26.2 Å². The topological polar surface area (TPSA) is 15.3 Å². The van der Waals surface area contributed by atoms with E-state index in [1.54, 1.807) is 6.42 Å². The lowest BCUT2D eigenvalue weighted by Crippen LogP contribution is -2.56. The van der Waals surface area contributed by atoms with Crippen LogP contribution in [0.5, 0.6) is 0 Å². The van der Waals surface area contributed by atoms with E-state index in [-0.39, 0.29) is 0 Å². The highest BCUT2D eigenvalue weighted by Crippen LogP contribution is 2.48. The Hall–Kier alpha value is -0.0800. The lowest BCUT2D eigenvalue weighted by molar-refractivity contribution is 0.107. The molecule has 3 aliphatic rings. The van der Waals surface area contributed by atoms with Crippen molar-refractivity contribution < 1.29 is 0 Å². The smallest absolute Gasteiger partial charge is 0.0244 e. The van der Waals surface area contributed by atoms with Crippen LogP contribution >= 0.6 is 0 Å². The van der Waals surface area contributed by atoms with Crippen LogP contribution in [0.3, 0.4) is 0 Å². The zero-order chi connectivity index (χ0) is 12.8. The first kappa shape index (κ1) is 12.9.